The third kappa shape index (κ3) is 1.14. The number of hydrogen-bond acceptors (Lipinski definition) is 3. The molecule has 0 amide bonds. The van der Waals surface area contributed by atoms with Crippen LogP contribution in [0.25, 0.3) is 0 Å². The largest absolute Gasteiger partial charge is 0.382 e. The topological polar surface area (TPSA) is 27.3 Å². The Hall–Kier alpha value is -0.490. The van der Waals surface area contributed by atoms with Crippen LogP contribution in [0.2, 0.25) is 0 Å². The normalized spacial score (nSPS) is 36.9. The molecule has 3 heterocycles. The van der Waals surface area contributed by atoms with Crippen molar-refractivity contribution in [3.05, 3.63) is 23.8 Å². The van der Waals surface area contributed by atoms with E-state index < -0.39 is 0 Å². The summed E-state index contributed by atoms with van der Waals surface area (Å²) in [5.41, 5.74) is 4.57. The van der Waals surface area contributed by atoms with E-state index in [4.69, 9.17) is 0 Å². The third-order valence-electron chi connectivity index (χ3n) is 4.99. The van der Waals surface area contributed by atoms with E-state index in [2.05, 4.69) is 63.2 Å². The fourth-order valence-electron chi connectivity index (χ4n) is 3.92. The second kappa shape index (κ2) is 3.54. The molecule has 1 aromatic carbocycles. The molecule has 1 saturated heterocycles. The molecule has 0 aromatic heterocycles. The predicted molar refractivity (Wildman–Crippen MR) is 83.9 cm³/mol. The van der Waals surface area contributed by atoms with Crippen molar-refractivity contribution in [3.8, 4) is 0 Å². The first-order valence-electron chi connectivity index (χ1n) is 6.71. The number of para-hydroxylation sites is 1. The first-order valence-corrected chi connectivity index (χ1v) is 7.79. The smallest absolute Gasteiger partial charge is 0.0843 e. The summed E-state index contributed by atoms with van der Waals surface area (Å²) in [5.74, 6) is 0. The lowest BCUT2D eigenvalue weighted by Gasteiger charge is -2.50. The number of fused-ring (bicyclic) bond motifs is 3. The van der Waals surface area contributed by atoms with Crippen LogP contribution in [0.4, 0.5) is 11.4 Å². The Bertz CT molecular complexity index is 518. The van der Waals surface area contributed by atoms with Crippen LogP contribution in [0, 0.1) is 0 Å². The molecule has 2 atom stereocenters. The summed E-state index contributed by atoms with van der Waals surface area (Å²) in [7, 11) is 0. The molecule has 3 aliphatic rings. The fraction of sp³-hybridized carbons (Fsp3) is 0.571. The Labute approximate surface area is 121 Å². The van der Waals surface area contributed by atoms with E-state index in [9.17, 15) is 0 Å². The molecule has 0 radical (unpaired) electrons. The molecular weight excluding hydrogens is 337 g/mol. The Kier molecular flexibility index (Phi) is 2.23. The van der Waals surface area contributed by atoms with Crippen LogP contribution < -0.4 is 15.5 Å². The van der Waals surface area contributed by atoms with Crippen LogP contribution >= 0.6 is 22.6 Å². The molecule has 0 unspecified atom stereocenters. The highest BCUT2D eigenvalue weighted by molar-refractivity contribution is 14.1. The van der Waals surface area contributed by atoms with Gasteiger partial charge in [-0.25, -0.2) is 0 Å². The number of piperidine rings is 1. The van der Waals surface area contributed by atoms with Gasteiger partial charge in [0.05, 0.1) is 20.3 Å². The molecule has 1 aromatic rings. The van der Waals surface area contributed by atoms with Gasteiger partial charge in [-0.3, -0.25) is 0 Å². The predicted octanol–water partition coefficient (Wildman–Crippen LogP) is 2.31. The zero-order chi connectivity index (χ0) is 12.4. The second-order valence-corrected chi connectivity index (χ2v) is 7.62. The Morgan fingerprint density at radius 1 is 1.33 bits per heavy atom. The van der Waals surface area contributed by atoms with Crippen molar-refractivity contribution >= 4 is 34.0 Å². The minimum Gasteiger partial charge on any atom is -0.382 e. The first kappa shape index (κ1) is 11.3. The highest BCUT2D eigenvalue weighted by atomic mass is 127. The molecule has 96 valence electrons. The van der Waals surface area contributed by atoms with Gasteiger partial charge in [-0.2, -0.15) is 0 Å². The van der Waals surface area contributed by atoms with Gasteiger partial charge in [0, 0.05) is 19.6 Å². The summed E-state index contributed by atoms with van der Waals surface area (Å²) < 4.78 is 0.209. The lowest BCUT2D eigenvalue weighted by Crippen LogP contribution is -2.62. The summed E-state index contributed by atoms with van der Waals surface area (Å²) in [6.45, 7) is 6.86. The SMILES string of the molecule is C[C@]12CCNC[C@@]1(I)c1cccc3c1N2CCN3. The number of halogens is 1. The van der Waals surface area contributed by atoms with Gasteiger partial charge in [0.15, 0.2) is 0 Å². The maximum absolute atomic E-state index is 3.59. The van der Waals surface area contributed by atoms with Gasteiger partial charge in [0.1, 0.15) is 0 Å². The van der Waals surface area contributed by atoms with Crippen LogP contribution in [0.3, 0.4) is 0 Å². The number of rotatable bonds is 0. The summed E-state index contributed by atoms with van der Waals surface area (Å²) in [5, 5.41) is 7.15. The minimum absolute atomic E-state index is 0.209. The second-order valence-electron chi connectivity index (χ2n) is 5.78. The lowest BCUT2D eigenvalue weighted by molar-refractivity contribution is 0.277. The van der Waals surface area contributed by atoms with Crippen LogP contribution in [0.5, 0.6) is 0 Å². The van der Waals surface area contributed by atoms with Gasteiger partial charge in [-0.1, -0.05) is 34.7 Å². The van der Waals surface area contributed by atoms with Crippen molar-refractivity contribution in [1.29, 1.82) is 0 Å². The molecule has 0 spiro atoms. The average molecular weight is 355 g/mol. The zero-order valence-electron chi connectivity index (χ0n) is 10.6. The molecule has 0 bridgehead atoms. The van der Waals surface area contributed by atoms with Gasteiger partial charge in [0.25, 0.3) is 0 Å². The van der Waals surface area contributed by atoms with Gasteiger partial charge in [-0.15, -0.1) is 0 Å². The highest BCUT2D eigenvalue weighted by Crippen LogP contribution is 2.60. The number of nitrogens with one attached hydrogen (secondary N) is 2. The molecule has 3 nitrogen and oxygen atoms in total. The molecular formula is C14H18IN3. The molecule has 0 aliphatic carbocycles. The molecule has 4 heteroatoms. The lowest BCUT2D eigenvalue weighted by atomic mass is 9.78. The highest BCUT2D eigenvalue weighted by Gasteiger charge is 2.59. The van der Waals surface area contributed by atoms with Crippen LogP contribution in [0.1, 0.15) is 18.9 Å². The third-order valence-corrected chi connectivity index (χ3v) is 7.11. The van der Waals surface area contributed by atoms with Crippen molar-refractivity contribution in [2.75, 3.05) is 36.4 Å². The monoisotopic (exact) mass is 355 g/mol. The standard InChI is InChI=1S/C14H18IN3/c1-13-5-6-16-9-14(13,15)10-3-2-4-11-12(10)18(13)8-7-17-11/h2-4,16-17H,5-9H2,1H3/t13-,14+/m0/s1. The molecule has 18 heavy (non-hydrogen) atoms. The summed E-state index contributed by atoms with van der Waals surface area (Å²) in [4.78, 5) is 2.67. The van der Waals surface area contributed by atoms with E-state index in [-0.39, 0.29) is 8.96 Å². The summed E-state index contributed by atoms with van der Waals surface area (Å²) in [6, 6.07) is 6.74. The van der Waals surface area contributed by atoms with Gasteiger partial charge in [0.2, 0.25) is 0 Å². The van der Waals surface area contributed by atoms with Gasteiger partial charge < -0.3 is 15.5 Å². The fourth-order valence-corrected chi connectivity index (χ4v) is 5.19. The van der Waals surface area contributed by atoms with Gasteiger partial charge >= 0.3 is 0 Å². The number of benzene rings is 1. The van der Waals surface area contributed by atoms with Crippen molar-refractivity contribution in [1.82, 2.24) is 5.32 Å². The van der Waals surface area contributed by atoms with Gasteiger partial charge in [-0.05, 0) is 31.5 Å². The maximum atomic E-state index is 3.59. The number of nitrogens with zero attached hydrogens (tertiary/aromatic N) is 1. The van der Waals surface area contributed by atoms with Crippen LogP contribution in [0.15, 0.2) is 18.2 Å². The van der Waals surface area contributed by atoms with Crippen molar-refractivity contribution < 1.29 is 0 Å². The zero-order valence-corrected chi connectivity index (χ0v) is 12.8. The van der Waals surface area contributed by atoms with Crippen molar-refractivity contribution in [3.63, 3.8) is 0 Å². The van der Waals surface area contributed by atoms with E-state index in [0.717, 1.165) is 26.2 Å². The Balaban J connectivity index is 2.00. The molecule has 4 rings (SSSR count). The Morgan fingerprint density at radius 3 is 3.11 bits per heavy atom. The number of alkyl halides is 1. The molecule has 2 N–H and O–H groups in total. The molecule has 3 aliphatic heterocycles. The van der Waals surface area contributed by atoms with Crippen molar-refractivity contribution in [2.45, 2.75) is 22.3 Å². The van der Waals surface area contributed by atoms with E-state index in [1.165, 1.54) is 23.4 Å². The average Bonchev–Trinajstić information content (AvgIpc) is 2.60. The van der Waals surface area contributed by atoms with E-state index in [0.29, 0.717) is 0 Å². The molecule has 0 saturated carbocycles. The Morgan fingerprint density at radius 2 is 2.22 bits per heavy atom. The van der Waals surface area contributed by atoms with E-state index in [1.54, 1.807) is 0 Å². The van der Waals surface area contributed by atoms with Crippen LogP contribution in [-0.2, 0) is 3.42 Å². The minimum atomic E-state index is 0.209. The van der Waals surface area contributed by atoms with Crippen LogP contribution in [-0.4, -0.2) is 31.7 Å². The maximum Gasteiger partial charge on any atom is 0.0843 e. The number of anilines is 2. The van der Waals surface area contributed by atoms with E-state index in [1.807, 2.05) is 0 Å². The number of hydrogen-bond donors (Lipinski definition) is 2. The summed E-state index contributed by atoms with van der Waals surface area (Å²) >= 11 is 2.70. The first-order chi connectivity index (χ1) is 8.67. The quantitative estimate of drug-likeness (QED) is 0.553. The molecule has 1 fully saturated rings. The summed E-state index contributed by atoms with van der Waals surface area (Å²) in [6.07, 6.45) is 1.23. The van der Waals surface area contributed by atoms with Crippen molar-refractivity contribution in [2.24, 2.45) is 0 Å². The van der Waals surface area contributed by atoms with E-state index >= 15 is 0 Å².